The predicted octanol–water partition coefficient (Wildman–Crippen LogP) is 10.1. The summed E-state index contributed by atoms with van der Waals surface area (Å²) in [4.78, 5) is 13.0. The van der Waals surface area contributed by atoms with Crippen LogP contribution in [0.2, 0.25) is 0 Å². The summed E-state index contributed by atoms with van der Waals surface area (Å²) in [5, 5.41) is 0.653. The summed E-state index contributed by atoms with van der Waals surface area (Å²) in [6.07, 6.45) is 21.9. The summed E-state index contributed by atoms with van der Waals surface area (Å²) in [7, 11) is 0. The summed E-state index contributed by atoms with van der Waals surface area (Å²) in [6, 6.07) is 5.51. The van der Waals surface area contributed by atoms with Crippen LogP contribution in [-0.2, 0) is 0 Å². The van der Waals surface area contributed by atoms with Crippen molar-refractivity contribution in [2.75, 3.05) is 19.8 Å². The molecule has 0 aliphatic carbocycles. The molecule has 40 heavy (non-hydrogen) atoms. The van der Waals surface area contributed by atoms with Gasteiger partial charge in [0.25, 0.3) is 0 Å². The van der Waals surface area contributed by atoms with Crippen molar-refractivity contribution >= 4 is 11.0 Å². The van der Waals surface area contributed by atoms with Gasteiger partial charge in [0.15, 0.2) is 5.75 Å². The minimum Gasteiger partial charge on any atom is -0.492 e. The van der Waals surface area contributed by atoms with Crippen LogP contribution in [0.5, 0.6) is 17.2 Å². The maximum Gasteiger partial charge on any atom is 0.383 e. The zero-order chi connectivity index (χ0) is 29.0. The number of hydrogen-bond acceptors (Lipinski definition) is 5. The minimum absolute atomic E-state index is 0.113. The zero-order valence-corrected chi connectivity index (χ0v) is 25.7. The molecule has 0 fully saturated rings. The largest absolute Gasteiger partial charge is 0.492 e. The smallest absolute Gasteiger partial charge is 0.383 e. The van der Waals surface area contributed by atoms with E-state index in [0.717, 1.165) is 38.5 Å². The molecule has 222 valence electrons. The van der Waals surface area contributed by atoms with Crippen molar-refractivity contribution < 1.29 is 18.6 Å². The van der Waals surface area contributed by atoms with Gasteiger partial charge >= 0.3 is 5.63 Å². The molecule has 0 spiro atoms. The van der Waals surface area contributed by atoms with Crippen molar-refractivity contribution in [1.82, 2.24) is 0 Å². The van der Waals surface area contributed by atoms with Gasteiger partial charge in [-0.3, -0.25) is 0 Å². The average Bonchev–Trinajstić information content (AvgIpc) is 2.92. The van der Waals surface area contributed by atoms with Gasteiger partial charge in [-0.25, -0.2) is 4.79 Å². The van der Waals surface area contributed by atoms with E-state index in [-0.39, 0.29) is 12.4 Å². The van der Waals surface area contributed by atoms with E-state index in [1.54, 1.807) is 6.07 Å². The molecule has 1 aromatic carbocycles. The lowest BCUT2D eigenvalue weighted by atomic mass is 10.1. The van der Waals surface area contributed by atoms with E-state index in [1.165, 1.54) is 49.7 Å². The van der Waals surface area contributed by atoms with E-state index >= 15 is 0 Å². The van der Waals surface area contributed by atoms with Gasteiger partial charge < -0.3 is 18.6 Å². The SMILES string of the molecule is CCC=CCCOc1cccc2oc(=O)c(OCC=C(C)CCC=C(C)C)c(OCCCCCCCCCC)c12. The Kier molecular flexibility index (Phi) is 16.6. The average molecular weight is 553 g/mol. The fourth-order valence-electron chi connectivity index (χ4n) is 4.44. The van der Waals surface area contributed by atoms with Crippen LogP contribution in [0, 0.1) is 0 Å². The second-order valence-corrected chi connectivity index (χ2v) is 10.7. The molecule has 0 amide bonds. The molecule has 0 N–H and O–H groups in total. The fraction of sp³-hybridized carbons (Fsp3) is 0.571. The lowest BCUT2D eigenvalue weighted by molar-refractivity contribution is 0.267. The molecule has 2 aromatic rings. The Balaban J connectivity index is 2.20. The van der Waals surface area contributed by atoms with E-state index in [1.807, 2.05) is 18.2 Å². The maximum absolute atomic E-state index is 13.0. The van der Waals surface area contributed by atoms with Crippen LogP contribution >= 0.6 is 0 Å². The van der Waals surface area contributed by atoms with Gasteiger partial charge in [0.1, 0.15) is 23.3 Å². The van der Waals surface area contributed by atoms with Gasteiger partial charge in [0, 0.05) is 0 Å². The summed E-state index contributed by atoms with van der Waals surface area (Å²) < 4.78 is 24.1. The molecule has 1 aromatic heterocycles. The molecule has 0 unspecified atom stereocenters. The van der Waals surface area contributed by atoms with Gasteiger partial charge in [0.2, 0.25) is 5.75 Å². The quantitative estimate of drug-likeness (QED) is 0.0876. The Hall–Kier alpha value is -2.95. The van der Waals surface area contributed by atoms with E-state index in [9.17, 15) is 4.79 Å². The second-order valence-electron chi connectivity index (χ2n) is 10.7. The molecule has 0 bridgehead atoms. The van der Waals surface area contributed by atoms with E-state index in [2.05, 4.69) is 52.8 Å². The van der Waals surface area contributed by atoms with Crippen molar-refractivity contribution in [3.63, 3.8) is 0 Å². The summed E-state index contributed by atoms with van der Waals surface area (Å²) in [6.45, 7) is 12.0. The highest BCUT2D eigenvalue weighted by Gasteiger charge is 2.21. The molecular weight excluding hydrogens is 500 g/mol. The Bertz CT molecular complexity index is 1130. The van der Waals surface area contributed by atoms with Crippen LogP contribution in [0.25, 0.3) is 11.0 Å². The maximum atomic E-state index is 13.0. The summed E-state index contributed by atoms with van der Waals surface area (Å²) >= 11 is 0. The first-order valence-corrected chi connectivity index (χ1v) is 15.4. The molecule has 0 atom stereocenters. The Morgan fingerprint density at radius 1 is 0.800 bits per heavy atom. The molecule has 1 heterocycles. The standard InChI is InChI=1S/C35H52O5/c1-6-8-10-12-13-14-15-17-26-38-33-32-30(37-25-16-11-9-7-2)22-19-23-31(32)40-35(36)34(33)39-27-24-29(5)21-18-20-28(3)4/h9,11,19-20,22-24H,6-8,10,12-18,21,25-27H2,1-5H3. The van der Waals surface area contributed by atoms with Crippen molar-refractivity contribution in [2.45, 2.75) is 112 Å². The summed E-state index contributed by atoms with van der Waals surface area (Å²) in [5.74, 6) is 1.17. The highest BCUT2D eigenvalue weighted by atomic mass is 16.5. The molecule has 5 nitrogen and oxygen atoms in total. The first-order valence-electron chi connectivity index (χ1n) is 15.4. The molecular formula is C35H52O5. The molecule has 2 rings (SSSR count). The lowest BCUT2D eigenvalue weighted by Gasteiger charge is -2.16. The van der Waals surface area contributed by atoms with Crippen molar-refractivity contribution in [1.29, 1.82) is 0 Å². The van der Waals surface area contributed by atoms with Crippen LogP contribution < -0.4 is 19.8 Å². The van der Waals surface area contributed by atoms with E-state index < -0.39 is 5.63 Å². The third-order valence-electron chi connectivity index (χ3n) is 6.75. The first kappa shape index (κ1) is 33.3. The topological polar surface area (TPSA) is 57.9 Å². The number of benzene rings is 1. The minimum atomic E-state index is -0.531. The van der Waals surface area contributed by atoms with Gasteiger partial charge in [-0.1, -0.05) is 94.2 Å². The first-order chi connectivity index (χ1) is 19.5. The highest BCUT2D eigenvalue weighted by Crippen LogP contribution is 2.39. The Morgan fingerprint density at radius 3 is 2.27 bits per heavy atom. The second kappa shape index (κ2) is 20.0. The van der Waals surface area contributed by atoms with Crippen LogP contribution in [0.4, 0.5) is 0 Å². The van der Waals surface area contributed by atoms with Crippen molar-refractivity contribution in [3.05, 3.63) is 64.1 Å². The third-order valence-corrected chi connectivity index (χ3v) is 6.75. The van der Waals surface area contributed by atoms with Gasteiger partial charge in [-0.05, 0) is 71.1 Å². The van der Waals surface area contributed by atoms with Gasteiger partial charge in [0.05, 0.1) is 13.2 Å². The third kappa shape index (κ3) is 12.5. The number of rotatable bonds is 21. The van der Waals surface area contributed by atoms with Crippen LogP contribution in [0.3, 0.4) is 0 Å². The lowest BCUT2D eigenvalue weighted by Crippen LogP contribution is -2.12. The Morgan fingerprint density at radius 2 is 1.55 bits per heavy atom. The zero-order valence-electron chi connectivity index (χ0n) is 25.7. The fourth-order valence-corrected chi connectivity index (χ4v) is 4.44. The van der Waals surface area contributed by atoms with Gasteiger partial charge in [-0.2, -0.15) is 0 Å². The number of unbranched alkanes of at least 4 members (excludes halogenated alkanes) is 7. The van der Waals surface area contributed by atoms with Crippen LogP contribution in [0.15, 0.2) is 62.9 Å². The number of ether oxygens (including phenoxy) is 3. The summed E-state index contributed by atoms with van der Waals surface area (Å²) in [5.41, 5.74) is 2.44. The Labute approximate surface area is 242 Å². The number of hydrogen-bond donors (Lipinski definition) is 0. The number of allylic oxidation sites excluding steroid dienone is 4. The molecule has 0 aliphatic rings. The normalized spacial score (nSPS) is 11.8. The molecule has 0 saturated heterocycles. The van der Waals surface area contributed by atoms with E-state index in [4.69, 9.17) is 18.6 Å². The highest BCUT2D eigenvalue weighted by molar-refractivity contribution is 5.91. The van der Waals surface area contributed by atoms with E-state index in [0.29, 0.717) is 35.7 Å². The molecule has 5 heteroatoms. The van der Waals surface area contributed by atoms with Crippen molar-refractivity contribution in [3.8, 4) is 17.2 Å². The van der Waals surface area contributed by atoms with Crippen LogP contribution in [-0.4, -0.2) is 19.8 Å². The number of fused-ring (bicyclic) bond motifs is 1. The monoisotopic (exact) mass is 552 g/mol. The molecule has 0 saturated carbocycles. The molecule has 0 aliphatic heterocycles. The van der Waals surface area contributed by atoms with Gasteiger partial charge in [-0.15, -0.1) is 0 Å². The predicted molar refractivity (Wildman–Crippen MR) is 168 cm³/mol. The van der Waals surface area contributed by atoms with Crippen LogP contribution in [0.1, 0.15) is 112 Å². The van der Waals surface area contributed by atoms with Crippen molar-refractivity contribution in [2.24, 2.45) is 0 Å². The molecule has 0 radical (unpaired) electrons.